The van der Waals surface area contributed by atoms with Crippen LogP contribution in [0.5, 0.6) is 0 Å². The van der Waals surface area contributed by atoms with Crippen molar-refractivity contribution in [3.05, 3.63) is 0 Å². The van der Waals surface area contributed by atoms with Crippen LogP contribution in [0.2, 0.25) is 0 Å². The summed E-state index contributed by atoms with van der Waals surface area (Å²) in [7, 11) is 0. The van der Waals surface area contributed by atoms with Crippen molar-refractivity contribution in [2.75, 3.05) is 39.3 Å². The van der Waals surface area contributed by atoms with Gasteiger partial charge in [-0.15, -0.1) is 0 Å². The maximum atomic E-state index is 5.84. The van der Waals surface area contributed by atoms with E-state index < -0.39 is 0 Å². The second-order valence-electron chi connectivity index (χ2n) is 6.30. The molecule has 0 aromatic heterocycles. The maximum absolute atomic E-state index is 5.84. The predicted octanol–water partition coefficient (Wildman–Crippen LogP) is 3.09. The minimum absolute atomic E-state index is 0.607. The Hall–Kier alpha value is -0.120. The standard InChI is InChI=1S/C17H37N3/c1-3-5-6-7-8-9-10-11-19-12-14-20(15-13-19)17(4-2)16-18/h17H,3-16,18H2,1-2H3. The molecule has 3 heteroatoms. The quantitative estimate of drug-likeness (QED) is 0.591. The van der Waals surface area contributed by atoms with Crippen LogP contribution < -0.4 is 5.73 Å². The Bertz CT molecular complexity index is 208. The average molecular weight is 284 g/mol. The zero-order valence-electron chi connectivity index (χ0n) is 13.9. The molecule has 20 heavy (non-hydrogen) atoms. The molecule has 1 aliphatic heterocycles. The molecule has 0 aromatic rings. The predicted molar refractivity (Wildman–Crippen MR) is 89.1 cm³/mol. The van der Waals surface area contributed by atoms with E-state index in [2.05, 4.69) is 23.6 Å². The van der Waals surface area contributed by atoms with Crippen LogP contribution in [0.15, 0.2) is 0 Å². The molecule has 0 spiro atoms. The molecule has 120 valence electrons. The van der Waals surface area contributed by atoms with E-state index in [1.165, 1.54) is 84.1 Å². The Kier molecular flexibility index (Phi) is 10.3. The molecule has 0 saturated carbocycles. The van der Waals surface area contributed by atoms with Crippen LogP contribution in [0.1, 0.15) is 65.2 Å². The van der Waals surface area contributed by atoms with E-state index in [1.807, 2.05) is 0 Å². The van der Waals surface area contributed by atoms with Gasteiger partial charge in [0.05, 0.1) is 0 Å². The molecule has 1 unspecified atom stereocenters. The molecule has 0 amide bonds. The smallest absolute Gasteiger partial charge is 0.0216 e. The summed E-state index contributed by atoms with van der Waals surface area (Å²) in [6, 6.07) is 0.607. The molecule has 1 rings (SSSR count). The van der Waals surface area contributed by atoms with Gasteiger partial charge in [0.15, 0.2) is 0 Å². The molecule has 1 aliphatic rings. The molecule has 0 radical (unpaired) electrons. The van der Waals surface area contributed by atoms with Gasteiger partial charge in [-0.3, -0.25) is 4.90 Å². The summed E-state index contributed by atoms with van der Waals surface area (Å²) in [5.41, 5.74) is 5.84. The number of hydrogen-bond donors (Lipinski definition) is 1. The topological polar surface area (TPSA) is 32.5 Å². The molecule has 1 saturated heterocycles. The summed E-state index contributed by atoms with van der Waals surface area (Å²) in [6.45, 7) is 11.6. The van der Waals surface area contributed by atoms with Crippen LogP contribution in [-0.2, 0) is 0 Å². The van der Waals surface area contributed by atoms with E-state index in [0.29, 0.717) is 6.04 Å². The molecule has 0 aromatic carbocycles. The van der Waals surface area contributed by atoms with Crippen molar-refractivity contribution < 1.29 is 0 Å². The molecule has 1 heterocycles. The molecule has 3 nitrogen and oxygen atoms in total. The summed E-state index contributed by atoms with van der Waals surface area (Å²) in [6.07, 6.45) is 11.1. The van der Waals surface area contributed by atoms with Crippen molar-refractivity contribution in [3.8, 4) is 0 Å². The Morgan fingerprint density at radius 2 is 1.45 bits per heavy atom. The van der Waals surface area contributed by atoms with E-state index in [0.717, 1.165) is 6.54 Å². The van der Waals surface area contributed by atoms with Crippen LogP contribution in [0, 0.1) is 0 Å². The minimum atomic E-state index is 0.607. The highest BCUT2D eigenvalue weighted by atomic mass is 15.3. The van der Waals surface area contributed by atoms with Crippen LogP contribution in [-0.4, -0.2) is 55.1 Å². The fourth-order valence-corrected chi connectivity index (χ4v) is 3.22. The number of nitrogens with zero attached hydrogens (tertiary/aromatic N) is 2. The monoisotopic (exact) mass is 283 g/mol. The van der Waals surface area contributed by atoms with Gasteiger partial charge in [-0.25, -0.2) is 0 Å². The number of hydrogen-bond acceptors (Lipinski definition) is 3. The second kappa shape index (κ2) is 11.5. The van der Waals surface area contributed by atoms with Crippen molar-refractivity contribution in [1.29, 1.82) is 0 Å². The van der Waals surface area contributed by atoms with E-state index in [9.17, 15) is 0 Å². The van der Waals surface area contributed by atoms with E-state index in [-0.39, 0.29) is 0 Å². The first-order valence-electron chi connectivity index (χ1n) is 8.98. The summed E-state index contributed by atoms with van der Waals surface area (Å²) >= 11 is 0. The van der Waals surface area contributed by atoms with Gasteiger partial charge in [0.25, 0.3) is 0 Å². The van der Waals surface area contributed by atoms with Crippen LogP contribution in [0.4, 0.5) is 0 Å². The highest BCUT2D eigenvalue weighted by Crippen LogP contribution is 2.11. The van der Waals surface area contributed by atoms with Crippen molar-refractivity contribution >= 4 is 0 Å². The van der Waals surface area contributed by atoms with Crippen LogP contribution >= 0.6 is 0 Å². The van der Waals surface area contributed by atoms with Gasteiger partial charge in [-0.1, -0.05) is 52.4 Å². The second-order valence-corrected chi connectivity index (χ2v) is 6.30. The molecule has 2 N–H and O–H groups in total. The third-order valence-electron chi connectivity index (χ3n) is 4.74. The summed E-state index contributed by atoms with van der Waals surface area (Å²) < 4.78 is 0. The first kappa shape index (κ1) is 17.9. The fraction of sp³-hybridized carbons (Fsp3) is 1.00. The van der Waals surface area contributed by atoms with Gasteiger partial charge < -0.3 is 10.6 Å². The zero-order chi connectivity index (χ0) is 14.6. The Labute approximate surface area is 126 Å². The van der Waals surface area contributed by atoms with Gasteiger partial charge in [-0.05, 0) is 19.4 Å². The highest BCUT2D eigenvalue weighted by molar-refractivity contribution is 4.78. The lowest BCUT2D eigenvalue weighted by Crippen LogP contribution is -2.52. The van der Waals surface area contributed by atoms with Crippen molar-refractivity contribution in [2.45, 2.75) is 71.3 Å². The Morgan fingerprint density at radius 3 is 2.00 bits per heavy atom. The Balaban J connectivity index is 1.99. The highest BCUT2D eigenvalue weighted by Gasteiger charge is 2.21. The largest absolute Gasteiger partial charge is 0.329 e. The molecule has 1 fully saturated rings. The van der Waals surface area contributed by atoms with Gasteiger partial charge in [-0.2, -0.15) is 0 Å². The number of nitrogens with two attached hydrogens (primary N) is 1. The van der Waals surface area contributed by atoms with E-state index in [1.54, 1.807) is 0 Å². The molecule has 1 atom stereocenters. The minimum Gasteiger partial charge on any atom is -0.329 e. The first-order valence-corrected chi connectivity index (χ1v) is 8.98. The van der Waals surface area contributed by atoms with Crippen molar-refractivity contribution in [1.82, 2.24) is 9.80 Å². The summed E-state index contributed by atoms with van der Waals surface area (Å²) in [4.78, 5) is 5.23. The third kappa shape index (κ3) is 7.05. The van der Waals surface area contributed by atoms with Crippen molar-refractivity contribution in [3.63, 3.8) is 0 Å². The lowest BCUT2D eigenvalue weighted by atomic mass is 10.1. The van der Waals surface area contributed by atoms with Crippen molar-refractivity contribution in [2.24, 2.45) is 5.73 Å². The summed E-state index contributed by atoms with van der Waals surface area (Å²) in [5, 5.41) is 0. The lowest BCUT2D eigenvalue weighted by Gasteiger charge is -2.38. The average Bonchev–Trinajstić information content (AvgIpc) is 2.49. The van der Waals surface area contributed by atoms with Crippen LogP contribution in [0.25, 0.3) is 0 Å². The zero-order valence-corrected chi connectivity index (χ0v) is 13.9. The SMILES string of the molecule is CCCCCCCCCN1CCN(C(CC)CN)CC1. The number of piperazine rings is 1. The van der Waals surface area contributed by atoms with Crippen LogP contribution in [0.3, 0.4) is 0 Å². The number of rotatable bonds is 11. The molecule has 0 aliphatic carbocycles. The van der Waals surface area contributed by atoms with E-state index in [4.69, 9.17) is 5.73 Å². The number of unbranched alkanes of at least 4 members (excludes halogenated alkanes) is 6. The lowest BCUT2D eigenvalue weighted by molar-refractivity contribution is 0.0956. The normalized spacial score (nSPS) is 19.4. The van der Waals surface area contributed by atoms with E-state index >= 15 is 0 Å². The molecule has 0 bridgehead atoms. The maximum Gasteiger partial charge on any atom is 0.0216 e. The summed E-state index contributed by atoms with van der Waals surface area (Å²) in [5.74, 6) is 0. The molecular formula is C17H37N3. The molecular weight excluding hydrogens is 246 g/mol. The fourth-order valence-electron chi connectivity index (χ4n) is 3.22. The van der Waals surface area contributed by atoms with Gasteiger partial charge in [0, 0.05) is 38.8 Å². The van der Waals surface area contributed by atoms with Gasteiger partial charge in [0.1, 0.15) is 0 Å². The first-order chi connectivity index (χ1) is 9.81. The van der Waals surface area contributed by atoms with Gasteiger partial charge in [0.2, 0.25) is 0 Å². The van der Waals surface area contributed by atoms with Gasteiger partial charge >= 0.3 is 0 Å². The Morgan fingerprint density at radius 1 is 0.850 bits per heavy atom. The third-order valence-corrected chi connectivity index (χ3v) is 4.74.